The number of nitrogens with zero attached hydrogens (tertiary/aromatic N) is 2. The number of ether oxygens (including phenoxy) is 4. The fourth-order valence-corrected chi connectivity index (χ4v) is 19.3. The molecule has 12 nitrogen and oxygen atoms in total. The van der Waals surface area contributed by atoms with Crippen LogP contribution in [0.1, 0.15) is 98.9 Å². The van der Waals surface area contributed by atoms with E-state index in [4.69, 9.17) is 48.1 Å². The summed E-state index contributed by atoms with van der Waals surface area (Å²) in [6.45, 7) is 19.9. The van der Waals surface area contributed by atoms with Crippen molar-refractivity contribution in [2.24, 2.45) is 0 Å². The molecule has 0 amide bonds. The standard InChI is InChI=1S/C49H35NO2S.C39H38BNO2.C16H9BrO2S.2C2H4O2.CH4.Pd/c1-49(2)41-18-10-9-17-39(41)40-30-29-38(31-42(40)49)50(36-25-21-33(22-26-36)32-13-5-3-6-14-32)37-27-23-35(24-28-37)48-46-45(47(53-48)34-15-7-4-8-16-34)51-43-19-11-12-20-44(43)52-46;1-37(2)35-15-11-10-14-33(35)34-25-24-32(26-36(34)37)41(30-20-16-28(17-21-30)27-12-8-7-9-13-27)31-22-18-29(19-23-31)40-42-38(3,4)39(5,6)43-40;17-16-14-13(15(20-16)10-6-2-1-3-7-10)18-11-8-4-5-9-12(11)19-14;2*1-2(3)4;;/h3-31H,1-2H3;7-26H,1-6H3;1-9H;2*1H3,(H,3,4);1H4;. The summed E-state index contributed by atoms with van der Waals surface area (Å²) < 4.78 is 38.8. The third-order valence-corrected chi connectivity index (χ3v) is 26.5. The molecule has 5 aliphatic rings. The van der Waals surface area contributed by atoms with Crippen LogP contribution >= 0.6 is 38.6 Å². The van der Waals surface area contributed by atoms with Gasteiger partial charge in [0, 0.05) is 79.2 Å². The van der Waals surface area contributed by atoms with Crippen molar-refractivity contribution < 1.29 is 68.5 Å². The molecule has 1 saturated heterocycles. The first-order valence-corrected chi connectivity index (χ1v) is 43.6. The van der Waals surface area contributed by atoms with Crippen LogP contribution in [-0.2, 0) is 50.2 Å². The van der Waals surface area contributed by atoms with Crippen molar-refractivity contribution in [3.63, 3.8) is 0 Å². The van der Waals surface area contributed by atoms with Crippen LogP contribution in [0.5, 0.6) is 46.0 Å². The van der Waals surface area contributed by atoms with E-state index in [0.29, 0.717) is 0 Å². The number of carbonyl (C=O) groups is 2. The van der Waals surface area contributed by atoms with Crippen LogP contribution in [0, 0.1) is 0 Å². The minimum absolute atomic E-state index is 0. The molecular weight excluding hydrogens is 1760 g/mol. The first kappa shape index (κ1) is 88.2. The predicted octanol–water partition coefficient (Wildman–Crippen LogP) is 30.7. The van der Waals surface area contributed by atoms with Crippen LogP contribution in [0.15, 0.2) is 356 Å². The number of hydrogen-bond donors (Lipinski definition) is 2. The van der Waals surface area contributed by atoms with E-state index in [1.54, 1.807) is 22.7 Å². The fraction of sp³-hybridized carbons (Fsp3) is 0.138. The van der Waals surface area contributed by atoms with E-state index in [1.165, 1.54) is 66.8 Å². The average Bonchev–Trinajstić information content (AvgIpc) is 1.58. The minimum atomic E-state index is -0.833. The van der Waals surface area contributed by atoms with Crippen molar-refractivity contribution in [2.75, 3.05) is 9.80 Å². The van der Waals surface area contributed by atoms with Gasteiger partial charge in [0.1, 0.15) is 3.79 Å². The van der Waals surface area contributed by atoms with Gasteiger partial charge in [0.05, 0.1) is 25.8 Å². The van der Waals surface area contributed by atoms with E-state index >= 15 is 0 Å². The normalized spacial score (nSPS) is 13.8. The molecule has 0 atom stereocenters. The molecule has 21 rings (SSSR count). The Morgan fingerprint density at radius 3 is 0.921 bits per heavy atom. The van der Waals surface area contributed by atoms with Crippen molar-refractivity contribution >= 4 is 97.2 Å². The molecule has 1 fully saturated rings. The summed E-state index contributed by atoms with van der Waals surface area (Å²) in [5.74, 6) is 4.35. The van der Waals surface area contributed by atoms with Gasteiger partial charge in [-0.25, -0.2) is 0 Å². The second-order valence-corrected chi connectivity index (χ2v) is 36.2. The molecule has 16 aromatic rings. The monoisotopic (exact) mass is 1850 g/mol. The molecule has 0 spiro atoms. The molecule has 632 valence electrons. The van der Waals surface area contributed by atoms with Gasteiger partial charge in [0.25, 0.3) is 11.9 Å². The van der Waals surface area contributed by atoms with Gasteiger partial charge in [0.2, 0.25) is 0 Å². The number of rotatable bonds is 12. The van der Waals surface area contributed by atoms with Gasteiger partial charge in [-0.05, 0) is 230 Å². The zero-order valence-corrected chi connectivity index (χ0v) is 75.4. The summed E-state index contributed by atoms with van der Waals surface area (Å²) in [6.07, 6.45) is 0. The molecule has 5 heterocycles. The largest absolute Gasteiger partial charge is 0.494 e. The molecule has 17 heteroatoms. The Hall–Kier alpha value is -12.7. The molecule has 0 bridgehead atoms. The van der Waals surface area contributed by atoms with Crippen LogP contribution in [0.4, 0.5) is 34.1 Å². The van der Waals surface area contributed by atoms with Crippen LogP contribution in [0.25, 0.3) is 75.8 Å². The first-order valence-electron chi connectivity index (χ1n) is 41.2. The van der Waals surface area contributed by atoms with Crippen molar-refractivity contribution in [2.45, 2.75) is 98.7 Å². The number of aliphatic carboxylic acids is 2. The third-order valence-electron chi connectivity index (χ3n) is 23.4. The second kappa shape index (κ2) is 36.9. The smallest absolute Gasteiger partial charge is 0.481 e. The van der Waals surface area contributed by atoms with Gasteiger partial charge in [-0.2, -0.15) is 0 Å². The molecule has 126 heavy (non-hydrogen) atoms. The van der Waals surface area contributed by atoms with E-state index in [2.05, 4.69) is 360 Å². The predicted molar refractivity (Wildman–Crippen MR) is 517 cm³/mol. The Balaban J connectivity index is 0.000000149. The fourth-order valence-electron chi connectivity index (χ4n) is 16.5. The third kappa shape index (κ3) is 17.8. The summed E-state index contributed by atoms with van der Waals surface area (Å²) in [5, 5.41) is 14.8. The van der Waals surface area contributed by atoms with E-state index in [1.807, 2.05) is 72.8 Å². The van der Waals surface area contributed by atoms with Crippen molar-refractivity contribution in [1.82, 2.24) is 0 Å². The number of hydrogen-bond acceptors (Lipinski definition) is 12. The van der Waals surface area contributed by atoms with Crippen molar-refractivity contribution in [1.29, 1.82) is 0 Å². The van der Waals surface area contributed by atoms with Gasteiger partial charge < -0.3 is 48.3 Å². The second-order valence-electron chi connectivity index (χ2n) is 32.9. The summed E-state index contributed by atoms with van der Waals surface area (Å²) in [5.41, 5.74) is 25.5. The van der Waals surface area contributed by atoms with E-state index < -0.39 is 19.1 Å². The Bertz CT molecular complexity index is 6570. The summed E-state index contributed by atoms with van der Waals surface area (Å²) in [4.78, 5) is 25.9. The number of carboxylic acid groups (broad SMARTS) is 2. The molecule has 0 radical (unpaired) electrons. The molecule has 2 aromatic heterocycles. The molecule has 3 aliphatic heterocycles. The van der Waals surface area contributed by atoms with Crippen molar-refractivity contribution in [3.8, 4) is 122 Å². The molecule has 2 N–H and O–H groups in total. The van der Waals surface area contributed by atoms with Gasteiger partial charge in [-0.3, -0.25) is 9.59 Å². The zero-order valence-electron chi connectivity index (χ0n) is 70.6. The Labute approximate surface area is 767 Å². The number of thiophene rings is 2. The van der Waals surface area contributed by atoms with Crippen LogP contribution in [-0.4, -0.2) is 40.5 Å². The van der Waals surface area contributed by atoms with E-state index in [0.717, 1.165) is 135 Å². The number of para-hydroxylation sites is 4. The molecule has 14 aromatic carbocycles. The van der Waals surface area contributed by atoms with Gasteiger partial charge in [-0.1, -0.05) is 290 Å². The maximum absolute atomic E-state index is 9.00. The Morgan fingerprint density at radius 2 is 0.563 bits per heavy atom. The molecule has 2 aliphatic carbocycles. The molecule has 0 unspecified atom stereocenters. The Kier molecular flexibility index (Phi) is 25.8. The van der Waals surface area contributed by atoms with Gasteiger partial charge in [-0.15, -0.1) is 22.7 Å². The van der Waals surface area contributed by atoms with Gasteiger partial charge in [0.15, 0.2) is 46.0 Å². The minimum Gasteiger partial charge on any atom is -0.481 e. The maximum atomic E-state index is 9.00. The molecular formula is C109H94BBrN2O10PdS2. The summed E-state index contributed by atoms with van der Waals surface area (Å²) in [7, 11) is -0.392. The van der Waals surface area contributed by atoms with Crippen LogP contribution < -0.4 is 34.2 Å². The first-order chi connectivity index (χ1) is 59.9. The van der Waals surface area contributed by atoms with Gasteiger partial charge >= 0.3 is 7.12 Å². The number of carboxylic acids is 2. The van der Waals surface area contributed by atoms with Crippen molar-refractivity contribution in [3.05, 3.63) is 378 Å². The van der Waals surface area contributed by atoms with Crippen LogP contribution in [0.3, 0.4) is 0 Å². The SMILES string of the molecule is Brc1sc(-c2ccccc2)c2c1Oc1ccccc1O2.C.CC(=O)O.CC(=O)O.CC1(C)c2ccccc2-c2ccc(N(c3ccc(-c4ccccc4)cc3)c3ccc(-c4sc(-c5ccccc5)c5c4Oc4ccccc4O5)cc3)cc21.CC1(C)c2ccccc2-c2ccc(N(c3ccc(B4OC(C)(C)C(C)(C)O4)cc3)c3ccc(-c4ccccc4)cc3)cc21.[Pd]. The average molecular weight is 1850 g/mol. The maximum Gasteiger partial charge on any atom is 0.494 e. The quantitative estimate of drug-likeness (QED) is 0.113. The zero-order chi connectivity index (χ0) is 86.2. The number of halogens is 1. The van der Waals surface area contributed by atoms with E-state index in [9.17, 15) is 0 Å². The summed E-state index contributed by atoms with van der Waals surface area (Å²) in [6, 6.07) is 124. The summed E-state index contributed by atoms with van der Waals surface area (Å²) >= 11 is 6.89. The topological polar surface area (TPSA) is 136 Å². The molecule has 0 saturated carbocycles. The van der Waals surface area contributed by atoms with E-state index in [-0.39, 0.29) is 49.9 Å². The Morgan fingerprint density at radius 1 is 0.310 bits per heavy atom. The van der Waals surface area contributed by atoms with Crippen LogP contribution in [0.2, 0.25) is 0 Å². The number of benzene rings is 14. The number of anilines is 6. The number of fused-ring (bicyclic) bond motifs is 10.